The van der Waals surface area contributed by atoms with Gasteiger partial charge in [0, 0.05) is 10.6 Å². The number of carboxylic acid groups (broad SMARTS) is 1. The number of halogens is 1. The summed E-state index contributed by atoms with van der Waals surface area (Å²) in [6.07, 6.45) is 0. The van der Waals surface area contributed by atoms with Crippen LogP contribution in [0, 0.1) is 0 Å². The van der Waals surface area contributed by atoms with Crippen molar-refractivity contribution in [1.82, 2.24) is 0 Å². The van der Waals surface area contributed by atoms with Crippen LogP contribution < -0.4 is 61.2 Å². The molecule has 96 valence electrons. The van der Waals surface area contributed by atoms with Crippen molar-refractivity contribution in [2.75, 3.05) is 0 Å². The topological polar surface area (TPSA) is 66.4 Å². The summed E-state index contributed by atoms with van der Waals surface area (Å²) in [5.41, 5.74) is 0.0994. The summed E-state index contributed by atoms with van der Waals surface area (Å²) in [6.45, 7) is 0. The van der Waals surface area contributed by atoms with Crippen LogP contribution in [0.4, 0.5) is 0 Å². The monoisotopic (exact) mass is 314 g/mol. The summed E-state index contributed by atoms with van der Waals surface area (Å²) in [5, 5.41) is 11.4. The molecule has 0 unspecified atom stereocenters. The van der Waals surface area contributed by atoms with Crippen LogP contribution in [0.2, 0.25) is 5.02 Å². The number of esters is 1. The van der Waals surface area contributed by atoms with Crippen LogP contribution in [0.5, 0.6) is 5.75 Å². The van der Waals surface area contributed by atoms with Gasteiger partial charge in [0.1, 0.15) is 5.75 Å². The number of para-hydroxylation sites is 1. The molecule has 0 atom stereocenters. The van der Waals surface area contributed by atoms with Crippen molar-refractivity contribution in [2.45, 2.75) is 0 Å². The first kappa shape index (κ1) is 17.4. The second kappa shape index (κ2) is 7.92. The quantitative estimate of drug-likeness (QED) is 0.411. The predicted molar refractivity (Wildman–Crippen MR) is 67.2 cm³/mol. The fourth-order valence-electron chi connectivity index (χ4n) is 1.47. The Morgan fingerprint density at radius 2 is 1.60 bits per heavy atom. The summed E-state index contributed by atoms with van der Waals surface area (Å²) >= 11 is 5.71. The molecule has 0 fully saturated rings. The van der Waals surface area contributed by atoms with Crippen LogP contribution in [0.15, 0.2) is 48.5 Å². The molecule has 0 saturated carbocycles. The molecule has 2 rings (SSSR count). The number of rotatable bonds is 3. The third-order valence-corrected chi connectivity index (χ3v) is 2.64. The van der Waals surface area contributed by atoms with E-state index in [2.05, 4.69) is 0 Å². The van der Waals surface area contributed by atoms with Crippen LogP contribution in [0.1, 0.15) is 20.7 Å². The number of carbonyl (C=O) groups is 2. The number of carbonyl (C=O) groups excluding carboxylic acids is 2. The molecule has 0 aliphatic carbocycles. The number of benzene rings is 2. The molecule has 0 aliphatic rings. The molecule has 2 aromatic rings. The first-order chi connectivity index (χ1) is 9.08. The molecule has 0 saturated heterocycles. The van der Waals surface area contributed by atoms with E-state index in [9.17, 15) is 14.7 Å². The number of carboxylic acids is 1. The summed E-state index contributed by atoms with van der Waals surface area (Å²) in [5.74, 6) is -2.12. The van der Waals surface area contributed by atoms with E-state index >= 15 is 0 Å². The van der Waals surface area contributed by atoms with E-state index in [0.29, 0.717) is 5.02 Å². The number of hydrogen-bond donors (Lipinski definition) is 0. The van der Waals surface area contributed by atoms with Gasteiger partial charge in [-0.25, -0.2) is 4.79 Å². The number of hydrogen-bond acceptors (Lipinski definition) is 4. The Balaban J connectivity index is 0.00000200. The molecule has 6 heteroatoms. The third-order valence-electron chi connectivity index (χ3n) is 2.39. The van der Waals surface area contributed by atoms with E-state index in [1.165, 1.54) is 30.3 Å². The molecule has 0 N–H and O–H groups in total. The van der Waals surface area contributed by atoms with Crippen LogP contribution in [-0.4, -0.2) is 11.9 Å². The molecule has 0 heterocycles. The average Bonchev–Trinajstić information content (AvgIpc) is 2.39. The largest absolute Gasteiger partial charge is 1.00 e. The summed E-state index contributed by atoms with van der Waals surface area (Å²) in [6, 6.07) is 11.9. The van der Waals surface area contributed by atoms with Gasteiger partial charge in [0.25, 0.3) is 0 Å². The normalized spacial score (nSPS) is 9.45. The van der Waals surface area contributed by atoms with E-state index in [-0.39, 0.29) is 68.3 Å². The molecule has 0 aromatic heterocycles. The van der Waals surface area contributed by atoms with Crippen molar-refractivity contribution in [1.29, 1.82) is 0 Å². The fourth-order valence-corrected chi connectivity index (χ4v) is 1.60. The Bertz CT molecular complexity index is 625. The molecule has 0 aliphatic heterocycles. The van der Waals surface area contributed by atoms with Gasteiger partial charge in [-0.15, -0.1) is 0 Å². The minimum atomic E-state index is -1.40. The van der Waals surface area contributed by atoms with Crippen LogP contribution in [0.3, 0.4) is 0 Å². The Morgan fingerprint density at radius 1 is 1.00 bits per heavy atom. The van der Waals surface area contributed by atoms with Gasteiger partial charge in [0.2, 0.25) is 0 Å². The molecule has 2 aromatic carbocycles. The van der Waals surface area contributed by atoms with Gasteiger partial charge >= 0.3 is 57.4 Å². The second-order valence-corrected chi connectivity index (χ2v) is 4.12. The molecule has 4 nitrogen and oxygen atoms in total. The number of ether oxygens (including phenoxy) is 1. The van der Waals surface area contributed by atoms with Crippen LogP contribution in [-0.2, 0) is 0 Å². The van der Waals surface area contributed by atoms with E-state index in [0.717, 1.165) is 0 Å². The van der Waals surface area contributed by atoms with Gasteiger partial charge in [-0.2, -0.15) is 0 Å². The zero-order valence-corrected chi connectivity index (χ0v) is 14.5. The van der Waals surface area contributed by atoms with E-state index < -0.39 is 11.9 Å². The number of aromatic carboxylic acids is 1. The average molecular weight is 315 g/mol. The van der Waals surface area contributed by atoms with Crippen molar-refractivity contribution in [3.8, 4) is 5.75 Å². The Kier molecular flexibility index (Phi) is 6.88. The maximum atomic E-state index is 11.8. The van der Waals surface area contributed by atoms with Gasteiger partial charge in [-0.1, -0.05) is 23.7 Å². The first-order valence-electron chi connectivity index (χ1n) is 5.36. The van der Waals surface area contributed by atoms with E-state index in [1.54, 1.807) is 18.2 Å². The molecular formula is C14H8ClKO4. The Morgan fingerprint density at radius 3 is 2.20 bits per heavy atom. The molecule has 0 bridgehead atoms. The van der Waals surface area contributed by atoms with Crippen LogP contribution in [0.25, 0.3) is 0 Å². The van der Waals surface area contributed by atoms with E-state index in [4.69, 9.17) is 16.3 Å². The molecule has 0 radical (unpaired) electrons. The van der Waals surface area contributed by atoms with Gasteiger partial charge in [0.15, 0.2) is 0 Å². The van der Waals surface area contributed by atoms with Crippen molar-refractivity contribution < 1.29 is 70.8 Å². The van der Waals surface area contributed by atoms with Gasteiger partial charge in [0.05, 0.1) is 11.5 Å². The smallest absolute Gasteiger partial charge is 0.545 e. The molecule has 20 heavy (non-hydrogen) atoms. The molecule has 0 spiro atoms. The van der Waals surface area contributed by atoms with Crippen molar-refractivity contribution in [2.24, 2.45) is 0 Å². The minimum Gasteiger partial charge on any atom is -0.545 e. The van der Waals surface area contributed by atoms with Crippen molar-refractivity contribution in [3.05, 3.63) is 64.7 Å². The minimum absolute atomic E-state index is 0. The van der Waals surface area contributed by atoms with E-state index in [1.807, 2.05) is 0 Å². The SMILES string of the molecule is O=C(Oc1ccccc1C(=O)[O-])c1ccc(Cl)cc1.[K+]. The standard InChI is InChI=1S/C14H9ClO4.K/c15-10-7-5-9(6-8-10)14(18)19-12-4-2-1-3-11(12)13(16)17;/h1-8H,(H,16,17);/q;+1/p-1. The Labute approximate surface area is 163 Å². The van der Waals surface area contributed by atoms with Gasteiger partial charge < -0.3 is 14.6 Å². The second-order valence-electron chi connectivity index (χ2n) is 3.68. The Hall–Kier alpha value is -0.694. The fraction of sp³-hybridized carbons (Fsp3) is 0. The molecular weight excluding hydrogens is 307 g/mol. The van der Waals surface area contributed by atoms with Gasteiger partial charge in [-0.3, -0.25) is 0 Å². The van der Waals surface area contributed by atoms with Gasteiger partial charge in [-0.05, 0) is 36.4 Å². The predicted octanol–water partition coefficient (Wildman–Crippen LogP) is -1.07. The summed E-state index contributed by atoms with van der Waals surface area (Å²) in [7, 11) is 0. The molecule has 0 amide bonds. The summed E-state index contributed by atoms with van der Waals surface area (Å²) in [4.78, 5) is 22.7. The zero-order chi connectivity index (χ0) is 13.8. The zero-order valence-electron chi connectivity index (χ0n) is 10.6. The van der Waals surface area contributed by atoms with Crippen LogP contribution >= 0.6 is 11.6 Å². The first-order valence-corrected chi connectivity index (χ1v) is 5.74. The maximum absolute atomic E-state index is 11.8. The third kappa shape index (κ3) is 4.41. The van der Waals surface area contributed by atoms with Crippen molar-refractivity contribution in [3.63, 3.8) is 0 Å². The van der Waals surface area contributed by atoms with Crippen molar-refractivity contribution >= 4 is 23.5 Å². The summed E-state index contributed by atoms with van der Waals surface area (Å²) < 4.78 is 5.03. The maximum Gasteiger partial charge on any atom is 1.00 e.